The fourth-order valence-electron chi connectivity index (χ4n) is 1.35. The summed E-state index contributed by atoms with van der Waals surface area (Å²) in [6.45, 7) is 7.21. The minimum Gasteiger partial charge on any atom is -0.468 e. The number of rotatable bonds is 5. The summed E-state index contributed by atoms with van der Waals surface area (Å²) in [5.74, 6) is 0.154. The van der Waals surface area contributed by atoms with Gasteiger partial charge in [0, 0.05) is 17.0 Å². The maximum absolute atomic E-state index is 11.2. The Morgan fingerprint density at radius 3 is 2.61 bits per heavy atom. The van der Waals surface area contributed by atoms with Gasteiger partial charge in [-0.15, -0.1) is 11.8 Å². The van der Waals surface area contributed by atoms with Crippen molar-refractivity contribution in [3.63, 3.8) is 0 Å². The minimum atomic E-state index is -0.196. The first-order chi connectivity index (χ1) is 8.42. The third-order valence-corrected chi connectivity index (χ3v) is 3.44. The number of hydrogen-bond acceptors (Lipinski definition) is 4. The van der Waals surface area contributed by atoms with Crippen molar-refractivity contribution in [3.05, 3.63) is 29.8 Å². The number of thioether (sulfide) groups is 1. The van der Waals surface area contributed by atoms with Gasteiger partial charge in [-0.2, -0.15) is 0 Å². The van der Waals surface area contributed by atoms with Gasteiger partial charge in [-0.1, -0.05) is 18.2 Å². The van der Waals surface area contributed by atoms with E-state index in [-0.39, 0.29) is 11.5 Å². The maximum Gasteiger partial charge on any atom is 0.315 e. The summed E-state index contributed by atoms with van der Waals surface area (Å²) in [5.41, 5.74) is 1.29. The molecule has 0 unspecified atom stereocenters. The van der Waals surface area contributed by atoms with Crippen LogP contribution in [0.5, 0.6) is 0 Å². The molecule has 4 heteroatoms. The molecule has 100 valence electrons. The van der Waals surface area contributed by atoms with Gasteiger partial charge in [0.1, 0.15) is 0 Å². The molecular formula is C14H21NO2S. The van der Waals surface area contributed by atoms with Gasteiger partial charge in [0.15, 0.2) is 0 Å². The average Bonchev–Trinajstić information content (AvgIpc) is 2.33. The molecule has 0 aromatic heterocycles. The predicted molar refractivity (Wildman–Crippen MR) is 75.8 cm³/mol. The van der Waals surface area contributed by atoms with Crippen molar-refractivity contribution in [3.8, 4) is 0 Å². The van der Waals surface area contributed by atoms with Crippen molar-refractivity contribution < 1.29 is 9.53 Å². The number of nitrogens with one attached hydrogen (secondary N) is 1. The third kappa shape index (κ3) is 5.56. The van der Waals surface area contributed by atoms with E-state index in [1.54, 1.807) is 0 Å². The molecule has 3 nitrogen and oxygen atoms in total. The predicted octanol–water partition coefficient (Wildman–Crippen LogP) is 2.84. The van der Waals surface area contributed by atoms with Crippen LogP contribution in [0.4, 0.5) is 0 Å². The van der Waals surface area contributed by atoms with Crippen LogP contribution < -0.4 is 5.32 Å². The Bertz CT molecular complexity index is 399. The molecule has 0 amide bonds. The smallest absolute Gasteiger partial charge is 0.315 e. The van der Waals surface area contributed by atoms with Gasteiger partial charge in [0.25, 0.3) is 0 Å². The van der Waals surface area contributed by atoms with Crippen LogP contribution in [-0.4, -0.2) is 24.4 Å². The molecule has 0 bridgehead atoms. The Labute approximate surface area is 113 Å². The summed E-state index contributed by atoms with van der Waals surface area (Å²) in [4.78, 5) is 12.3. The highest BCUT2D eigenvalue weighted by Crippen LogP contribution is 2.23. The van der Waals surface area contributed by atoms with E-state index in [1.165, 1.54) is 24.4 Å². The lowest BCUT2D eigenvalue weighted by atomic mass is 10.1. The van der Waals surface area contributed by atoms with Crippen LogP contribution in [0.2, 0.25) is 0 Å². The van der Waals surface area contributed by atoms with Crippen molar-refractivity contribution in [1.29, 1.82) is 0 Å². The van der Waals surface area contributed by atoms with Gasteiger partial charge < -0.3 is 10.1 Å². The lowest BCUT2D eigenvalue weighted by molar-refractivity contribution is -0.137. The Morgan fingerprint density at radius 2 is 2.00 bits per heavy atom. The summed E-state index contributed by atoms with van der Waals surface area (Å²) >= 11 is 1.52. The molecule has 18 heavy (non-hydrogen) atoms. The largest absolute Gasteiger partial charge is 0.468 e. The minimum absolute atomic E-state index is 0.0835. The van der Waals surface area contributed by atoms with Crippen LogP contribution in [0.15, 0.2) is 29.2 Å². The molecule has 0 aliphatic rings. The van der Waals surface area contributed by atoms with E-state index in [0.717, 1.165) is 11.4 Å². The van der Waals surface area contributed by atoms with Crippen LogP contribution in [0.25, 0.3) is 0 Å². The van der Waals surface area contributed by atoms with Gasteiger partial charge in [-0.3, -0.25) is 4.79 Å². The zero-order valence-corrected chi connectivity index (χ0v) is 12.3. The number of benzene rings is 1. The van der Waals surface area contributed by atoms with Crippen LogP contribution >= 0.6 is 11.8 Å². The normalized spacial score (nSPS) is 11.3. The summed E-state index contributed by atoms with van der Waals surface area (Å²) in [5, 5.41) is 3.45. The topological polar surface area (TPSA) is 38.3 Å². The number of carbonyl (C=O) groups is 1. The number of methoxy groups -OCH3 is 1. The Kier molecular flexibility index (Phi) is 5.69. The second-order valence-electron chi connectivity index (χ2n) is 5.08. The van der Waals surface area contributed by atoms with Gasteiger partial charge >= 0.3 is 5.97 Å². The third-order valence-electron chi connectivity index (χ3n) is 2.35. The molecule has 1 N–H and O–H groups in total. The molecule has 0 saturated heterocycles. The van der Waals surface area contributed by atoms with Crippen molar-refractivity contribution in [2.75, 3.05) is 12.9 Å². The van der Waals surface area contributed by atoms with Crippen LogP contribution in [0.1, 0.15) is 26.3 Å². The lowest BCUT2D eigenvalue weighted by Gasteiger charge is -2.21. The van der Waals surface area contributed by atoms with Crippen LogP contribution in [0, 0.1) is 0 Å². The molecule has 0 spiro atoms. The molecule has 0 heterocycles. The highest BCUT2D eigenvalue weighted by molar-refractivity contribution is 8.00. The first-order valence-corrected chi connectivity index (χ1v) is 6.93. The fraction of sp³-hybridized carbons (Fsp3) is 0.500. The van der Waals surface area contributed by atoms with Gasteiger partial charge in [0.05, 0.1) is 12.9 Å². The van der Waals surface area contributed by atoms with E-state index in [0.29, 0.717) is 5.75 Å². The molecule has 0 radical (unpaired) electrons. The molecule has 0 aliphatic heterocycles. The monoisotopic (exact) mass is 267 g/mol. The Morgan fingerprint density at radius 1 is 1.33 bits per heavy atom. The molecule has 0 atom stereocenters. The van der Waals surface area contributed by atoms with Crippen molar-refractivity contribution in [2.24, 2.45) is 0 Å². The Hall–Kier alpha value is -1.00. The number of ether oxygens (including phenoxy) is 1. The molecule has 0 fully saturated rings. The highest BCUT2D eigenvalue weighted by atomic mass is 32.2. The molecular weight excluding hydrogens is 246 g/mol. The standard InChI is InChI=1S/C14H21NO2S/c1-14(2,3)15-9-11-7-5-6-8-12(11)18-10-13(16)17-4/h5-8,15H,9-10H2,1-4H3. The maximum atomic E-state index is 11.2. The first kappa shape index (κ1) is 15.1. The molecule has 1 rings (SSSR count). The van der Waals surface area contributed by atoms with Crippen molar-refractivity contribution in [1.82, 2.24) is 5.32 Å². The zero-order valence-electron chi connectivity index (χ0n) is 11.4. The Balaban J connectivity index is 2.64. The molecule has 1 aromatic rings. The molecule has 0 aliphatic carbocycles. The van der Waals surface area contributed by atoms with E-state index in [2.05, 4.69) is 36.9 Å². The summed E-state index contributed by atoms with van der Waals surface area (Å²) < 4.78 is 4.65. The van der Waals surface area contributed by atoms with E-state index in [4.69, 9.17) is 0 Å². The van der Waals surface area contributed by atoms with E-state index < -0.39 is 0 Å². The average molecular weight is 267 g/mol. The van der Waals surface area contributed by atoms with E-state index >= 15 is 0 Å². The molecule has 0 saturated carbocycles. The SMILES string of the molecule is COC(=O)CSc1ccccc1CNC(C)(C)C. The number of esters is 1. The van der Waals surface area contributed by atoms with Gasteiger partial charge in [-0.25, -0.2) is 0 Å². The first-order valence-electron chi connectivity index (χ1n) is 5.95. The van der Waals surface area contributed by atoms with Crippen molar-refractivity contribution >= 4 is 17.7 Å². The highest BCUT2D eigenvalue weighted by Gasteiger charge is 2.11. The second-order valence-corrected chi connectivity index (χ2v) is 6.09. The van der Waals surface area contributed by atoms with Crippen LogP contribution in [0.3, 0.4) is 0 Å². The van der Waals surface area contributed by atoms with E-state index in [1.807, 2.05) is 18.2 Å². The van der Waals surface area contributed by atoms with E-state index in [9.17, 15) is 4.79 Å². The fourth-order valence-corrected chi connectivity index (χ4v) is 2.24. The lowest BCUT2D eigenvalue weighted by Crippen LogP contribution is -2.35. The quantitative estimate of drug-likeness (QED) is 0.657. The summed E-state index contributed by atoms with van der Waals surface area (Å²) in [6.07, 6.45) is 0. The van der Waals surface area contributed by atoms with Gasteiger partial charge in [-0.05, 0) is 32.4 Å². The summed E-state index contributed by atoms with van der Waals surface area (Å²) in [7, 11) is 1.41. The second kappa shape index (κ2) is 6.81. The number of carbonyl (C=O) groups excluding carboxylic acids is 1. The van der Waals surface area contributed by atoms with Crippen LogP contribution in [-0.2, 0) is 16.1 Å². The molecule has 1 aromatic carbocycles. The zero-order chi connectivity index (χ0) is 13.6. The van der Waals surface area contributed by atoms with Crippen molar-refractivity contribution in [2.45, 2.75) is 37.8 Å². The van der Waals surface area contributed by atoms with Gasteiger partial charge in [0.2, 0.25) is 0 Å². The number of hydrogen-bond donors (Lipinski definition) is 1. The summed E-state index contributed by atoms with van der Waals surface area (Å²) in [6, 6.07) is 8.12.